The topological polar surface area (TPSA) is 105 Å². The largest absolute Gasteiger partial charge is 0.361 e. The molecule has 0 unspecified atom stereocenters. The van der Waals surface area contributed by atoms with E-state index in [9.17, 15) is 14.4 Å². The lowest BCUT2D eigenvalue weighted by Gasteiger charge is -2.16. The van der Waals surface area contributed by atoms with E-state index in [-0.39, 0.29) is 17.5 Å². The Kier molecular flexibility index (Phi) is 3.78. The van der Waals surface area contributed by atoms with Gasteiger partial charge in [0.2, 0.25) is 0 Å². The fourth-order valence-electron chi connectivity index (χ4n) is 3.03. The van der Waals surface area contributed by atoms with Crippen molar-refractivity contribution in [2.75, 3.05) is 0 Å². The van der Waals surface area contributed by atoms with Crippen molar-refractivity contribution in [1.82, 2.24) is 10.0 Å². The molecule has 2 heterocycles. The van der Waals surface area contributed by atoms with Gasteiger partial charge in [-0.15, -0.1) is 0 Å². The molecule has 130 valence electrons. The molecule has 0 radical (unpaired) electrons. The van der Waals surface area contributed by atoms with Gasteiger partial charge in [-0.2, -0.15) is 0 Å². The second kappa shape index (κ2) is 6.12. The van der Waals surface area contributed by atoms with E-state index in [1.165, 1.54) is 12.1 Å². The van der Waals surface area contributed by atoms with Gasteiger partial charge in [0.05, 0.1) is 11.1 Å². The van der Waals surface area contributed by atoms with Crippen LogP contribution in [0.3, 0.4) is 0 Å². The predicted molar refractivity (Wildman–Crippen MR) is 93.0 cm³/mol. The molecule has 3 aromatic rings. The van der Waals surface area contributed by atoms with Crippen molar-refractivity contribution >= 4 is 28.7 Å². The van der Waals surface area contributed by atoms with Gasteiger partial charge in [-0.1, -0.05) is 35.4 Å². The number of benzene rings is 2. The summed E-state index contributed by atoms with van der Waals surface area (Å²) in [6.45, 7) is 0. The van der Waals surface area contributed by atoms with E-state index in [4.69, 9.17) is 10.6 Å². The minimum Gasteiger partial charge on any atom is -0.361 e. The summed E-state index contributed by atoms with van der Waals surface area (Å²) in [5.41, 5.74) is 8.13. The number of carbonyl (C=O) groups is 3. The summed E-state index contributed by atoms with van der Waals surface area (Å²) in [6.07, 6.45) is 1.99. The standard InChI is InChI=1S/C19H15N3O4/c20-15(9-11-10-21-16-8-4-3-5-12(11)16)19(25)26-22-17(23)13-6-1-2-7-14(13)18(22)24/h1-8,10,15,21H,9,20H2/t15-/m0/s1. The van der Waals surface area contributed by atoms with E-state index >= 15 is 0 Å². The van der Waals surface area contributed by atoms with Gasteiger partial charge < -0.3 is 15.6 Å². The first-order chi connectivity index (χ1) is 12.6. The smallest absolute Gasteiger partial charge is 0.350 e. The van der Waals surface area contributed by atoms with Crippen LogP contribution in [0.25, 0.3) is 10.9 Å². The highest BCUT2D eigenvalue weighted by molar-refractivity contribution is 6.20. The number of nitrogens with two attached hydrogens (primary N) is 1. The van der Waals surface area contributed by atoms with Crippen LogP contribution in [0.5, 0.6) is 0 Å². The van der Waals surface area contributed by atoms with Crippen molar-refractivity contribution in [3.63, 3.8) is 0 Å². The van der Waals surface area contributed by atoms with Crippen molar-refractivity contribution < 1.29 is 19.2 Å². The normalized spacial score (nSPS) is 14.6. The zero-order valence-corrected chi connectivity index (χ0v) is 13.6. The average Bonchev–Trinajstić information content (AvgIpc) is 3.17. The molecular formula is C19H15N3O4. The maximum Gasteiger partial charge on any atom is 0.350 e. The number of fused-ring (bicyclic) bond motifs is 2. The number of rotatable bonds is 4. The molecule has 0 saturated heterocycles. The second-order valence-electron chi connectivity index (χ2n) is 6.03. The van der Waals surface area contributed by atoms with Crippen LogP contribution in [0.2, 0.25) is 0 Å². The molecule has 2 aromatic carbocycles. The van der Waals surface area contributed by atoms with Gasteiger partial charge in [0, 0.05) is 23.5 Å². The van der Waals surface area contributed by atoms with E-state index in [0.29, 0.717) is 5.06 Å². The number of H-pyrrole nitrogens is 1. The number of aromatic amines is 1. The van der Waals surface area contributed by atoms with Crippen molar-refractivity contribution in [2.45, 2.75) is 12.5 Å². The molecule has 2 amide bonds. The minimum absolute atomic E-state index is 0.204. The average molecular weight is 349 g/mol. The Morgan fingerprint density at radius 3 is 2.35 bits per heavy atom. The first-order valence-corrected chi connectivity index (χ1v) is 8.06. The Morgan fingerprint density at radius 1 is 1.04 bits per heavy atom. The summed E-state index contributed by atoms with van der Waals surface area (Å²) in [5.74, 6) is -2.18. The van der Waals surface area contributed by atoms with Gasteiger partial charge >= 0.3 is 5.97 Å². The van der Waals surface area contributed by atoms with Crippen molar-refractivity contribution in [1.29, 1.82) is 0 Å². The highest BCUT2D eigenvalue weighted by Gasteiger charge is 2.39. The molecule has 0 spiro atoms. The molecule has 0 fully saturated rings. The van der Waals surface area contributed by atoms with E-state index in [2.05, 4.69) is 4.98 Å². The lowest BCUT2D eigenvalue weighted by Crippen LogP contribution is -2.41. The Bertz CT molecular complexity index is 1000. The molecule has 1 aliphatic rings. The Morgan fingerprint density at radius 2 is 1.65 bits per heavy atom. The van der Waals surface area contributed by atoms with Crippen molar-refractivity contribution in [3.05, 3.63) is 71.4 Å². The summed E-state index contributed by atoms with van der Waals surface area (Å²) in [6, 6.07) is 12.9. The number of para-hydroxylation sites is 1. The molecular weight excluding hydrogens is 334 g/mol. The Hall–Kier alpha value is -3.45. The number of hydrogen-bond donors (Lipinski definition) is 2. The predicted octanol–water partition coefficient (Wildman–Crippen LogP) is 1.79. The van der Waals surface area contributed by atoms with Crippen LogP contribution in [0.15, 0.2) is 54.7 Å². The fraction of sp³-hybridized carbons (Fsp3) is 0.105. The molecule has 1 aliphatic heterocycles. The monoisotopic (exact) mass is 349 g/mol. The molecule has 0 aliphatic carbocycles. The molecule has 1 atom stereocenters. The summed E-state index contributed by atoms with van der Waals surface area (Å²) < 4.78 is 0. The zero-order valence-electron chi connectivity index (χ0n) is 13.6. The zero-order chi connectivity index (χ0) is 18.3. The van der Waals surface area contributed by atoms with Crippen LogP contribution in [0.4, 0.5) is 0 Å². The molecule has 3 N–H and O–H groups in total. The molecule has 7 nitrogen and oxygen atoms in total. The van der Waals surface area contributed by atoms with E-state index in [1.807, 2.05) is 24.3 Å². The summed E-state index contributed by atoms with van der Waals surface area (Å²) >= 11 is 0. The molecule has 26 heavy (non-hydrogen) atoms. The lowest BCUT2D eigenvalue weighted by atomic mass is 10.1. The van der Waals surface area contributed by atoms with Crippen LogP contribution in [0.1, 0.15) is 26.3 Å². The summed E-state index contributed by atoms with van der Waals surface area (Å²) in [7, 11) is 0. The molecule has 7 heteroatoms. The maximum absolute atomic E-state index is 12.3. The number of nitrogens with one attached hydrogen (secondary N) is 1. The Balaban J connectivity index is 1.48. The number of nitrogens with zero attached hydrogens (tertiary/aromatic N) is 1. The number of hydrogen-bond acceptors (Lipinski definition) is 5. The third kappa shape index (κ3) is 2.55. The molecule has 4 rings (SSSR count). The second-order valence-corrected chi connectivity index (χ2v) is 6.03. The SMILES string of the molecule is N[C@@H](Cc1c[nH]c2ccccc12)C(=O)ON1C(=O)c2ccccc2C1=O. The van der Waals surface area contributed by atoms with Gasteiger partial charge in [0.1, 0.15) is 6.04 Å². The number of aromatic nitrogens is 1. The van der Waals surface area contributed by atoms with E-state index in [1.54, 1.807) is 18.3 Å². The third-order valence-corrected chi connectivity index (χ3v) is 4.36. The number of hydroxylamine groups is 2. The van der Waals surface area contributed by atoms with E-state index < -0.39 is 23.8 Å². The highest BCUT2D eigenvalue weighted by atomic mass is 16.7. The quantitative estimate of drug-likeness (QED) is 0.699. The van der Waals surface area contributed by atoms with Gasteiger partial charge in [0.25, 0.3) is 11.8 Å². The molecule has 0 saturated carbocycles. The molecule has 1 aromatic heterocycles. The first-order valence-electron chi connectivity index (χ1n) is 8.06. The van der Waals surface area contributed by atoms with Crippen LogP contribution < -0.4 is 5.73 Å². The summed E-state index contributed by atoms with van der Waals surface area (Å²) in [5, 5.41) is 1.43. The number of imide groups is 1. The van der Waals surface area contributed by atoms with Crippen LogP contribution in [-0.2, 0) is 16.1 Å². The third-order valence-electron chi connectivity index (χ3n) is 4.36. The van der Waals surface area contributed by atoms with E-state index in [0.717, 1.165) is 16.5 Å². The lowest BCUT2D eigenvalue weighted by molar-refractivity contribution is -0.170. The van der Waals surface area contributed by atoms with Crippen molar-refractivity contribution in [3.8, 4) is 0 Å². The maximum atomic E-state index is 12.3. The number of amides is 2. The summed E-state index contributed by atoms with van der Waals surface area (Å²) in [4.78, 5) is 44.9. The van der Waals surface area contributed by atoms with Crippen molar-refractivity contribution in [2.24, 2.45) is 5.73 Å². The van der Waals surface area contributed by atoms with Gasteiger partial charge in [-0.05, 0) is 23.8 Å². The Labute approximate surface area is 148 Å². The molecule has 0 bridgehead atoms. The van der Waals surface area contributed by atoms with Crippen LogP contribution in [0, 0.1) is 0 Å². The first kappa shape index (κ1) is 16.0. The van der Waals surface area contributed by atoms with Gasteiger partial charge in [-0.25, -0.2) is 4.79 Å². The minimum atomic E-state index is -1.02. The van der Waals surface area contributed by atoms with Gasteiger partial charge in [-0.3, -0.25) is 9.59 Å². The number of carbonyl (C=O) groups excluding carboxylic acids is 3. The van der Waals surface area contributed by atoms with Crippen LogP contribution in [-0.4, -0.2) is 33.9 Å². The fourth-order valence-corrected chi connectivity index (χ4v) is 3.03. The highest BCUT2D eigenvalue weighted by Crippen LogP contribution is 2.23. The van der Waals surface area contributed by atoms with Crippen LogP contribution >= 0.6 is 0 Å². The van der Waals surface area contributed by atoms with Gasteiger partial charge in [0.15, 0.2) is 0 Å².